The summed E-state index contributed by atoms with van der Waals surface area (Å²) in [5.74, 6) is 2.59. The van der Waals surface area contributed by atoms with Crippen LogP contribution in [0.15, 0.2) is 30.3 Å². The molecular formula is C13H19NS. The van der Waals surface area contributed by atoms with Gasteiger partial charge in [-0.3, -0.25) is 4.90 Å². The number of nitrogens with zero attached hydrogens (tertiary/aromatic N) is 1. The lowest BCUT2D eigenvalue weighted by Gasteiger charge is -2.34. The van der Waals surface area contributed by atoms with E-state index in [1.165, 1.54) is 36.6 Å². The summed E-state index contributed by atoms with van der Waals surface area (Å²) in [6.45, 7) is 4.79. The van der Waals surface area contributed by atoms with E-state index in [1.54, 1.807) is 0 Å². The van der Waals surface area contributed by atoms with Crippen LogP contribution in [0.3, 0.4) is 0 Å². The highest BCUT2D eigenvalue weighted by Gasteiger charge is 2.20. The van der Waals surface area contributed by atoms with Crippen molar-refractivity contribution in [1.29, 1.82) is 0 Å². The van der Waals surface area contributed by atoms with Crippen molar-refractivity contribution in [3.8, 4) is 0 Å². The average Bonchev–Trinajstić information content (AvgIpc) is 2.33. The van der Waals surface area contributed by atoms with Crippen molar-refractivity contribution in [1.82, 2.24) is 4.90 Å². The third-order valence-electron chi connectivity index (χ3n) is 3.06. The van der Waals surface area contributed by atoms with Gasteiger partial charge in [-0.25, -0.2) is 0 Å². The average molecular weight is 221 g/mol. The smallest absolute Gasteiger partial charge is 0.0346 e. The molecule has 1 aliphatic heterocycles. The molecule has 1 heterocycles. The summed E-state index contributed by atoms with van der Waals surface area (Å²) in [7, 11) is 0. The summed E-state index contributed by atoms with van der Waals surface area (Å²) in [4.78, 5) is 2.63. The molecule has 0 aromatic heterocycles. The summed E-state index contributed by atoms with van der Waals surface area (Å²) < 4.78 is 0. The predicted molar refractivity (Wildman–Crippen MR) is 68.4 cm³/mol. The molecule has 0 bridgehead atoms. The molecular weight excluding hydrogens is 202 g/mol. The van der Waals surface area contributed by atoms with Crippen molar-refractivity contribution < 1.29 is 0 Å². The van der Waals surface area contributed by atoms with Gasteiger partial charge in [0.15, 0.2) is 0 Å². The molecule has 1 fully saturated rings. The summed E-state index contributed by atoms with van der Waals surface area (Å²) in [5.41, 5.74) is 1.48. The van der Waals surface area contributed by atoms with E-state index >= 15 is 0 Å². The number of rotatable bonds is 3. The second-order valence-electron chi connectivity index (χ2n) is 3.98. The Balaban J connectivity index is 2.09. The third kappa shape index (κ3) is 2.76. The van der Waals surface area contributed by atoms with Gasteiger partial charge in [-0.05, 0) is 12.0 Å². The maximum Gasteiger partial charge on any atom is 0.0346 e. The normalized spacial score (nSPS) is 20.1. The Hall–Kier alpha value is -0.470. The maximum atomic E-state index is 2.63. The molecule has 1 unspecified atom stereocenters. The standard InChI is InChI=1S/C13H19NS/c1-2-13(12-6-4-3-5-7-12)14-8-10-15-11-9-14/h3-7,13H,2,8-11H2,1H3. The van der Waals surface area contributed by atoms with E-state index in [2.05, 4.69) is 53.9 Å². The molecule has 0 amide bonds. The SMILES string of the molecule is CCC(c1ccccc1)N1CCSCC1. The monoisotopic (exact) mass is 221 g/mol. The van der Waals surface area contributed by atoms with Gasteiger partial charge in [0.25, 0.3) is 0 Å². The van der Waals surface area contributed by atoms with Crippen LogP contribution in [0.2, 0.25) is 0 Å². The van der Waals surface area contributed by atoms with E-state index < -0.39 is 0 Å². The lowest BCUT2D eigenvalue weighted by molar-refractivity contribution is 0.212. The summed E-state index contributed by atoms with van der Waals surface area (Å²) in [6.07, 6.45) is 1.22. The van der Waals surface area contributed by atoms with Crippen molar-refractivity contribution in [3.05, 3.63) is 35.9 Å². The van der Waals surface area contributed by atoms with Crippen LogP contribution in [0.4, 0.5) is 0 Å². The van der Waals surface area contributed by atoms with Gasteiger partial charge in [-0.1, -0.05) is 37.3 Å². The maximum absolute atomic E-state index is 2.63. The van der Waals surface area contributed by atoms with E-state index in [0.29, 0.717) is 6.04 Å². The molecule has 1 aromatic rings. The molecule has 2 rings (SSSR count). The van der Waals surface area contributed by atoms with E-state index in [4.69, 9.17) is 0 Å². The number of hydrogen-bond acceptors (Lipinski definition) is 2. The Labute approximate surface area is 96.9 Å². The fourth-order valence-corrected chi connectivity index (χ4v) is 3.20. The first-order chi connectivity index (χ1) is 7.42. The minimum absolute atomic E-state index is 0.632. The predicted octanol–water partition coefficient (Wildman–Crippen LogP) is 3.19. The highest BCUT2D eigenvalue weighted by Crippen LogP contribution is 2.26. The molecule has 1 aromatic carbocycles. The third-order valence-corrected chi connectivity index (χ3v) is 4.00. The minimum Gasteiger partial charge on any atom is -0.295 e. The van der Waals surface area contributed by atoms with Crippen LogP contribution in [-0.4, -0.2) is 29.5 Å². The van der Waals surface area contributed by atoms with E-state index in [1.807, 2.05) is 0 Å². The van der Waals surface area contributed by atoms with Crippen molar-refractivity contribution >= 4 is 11.8 Å². The molecule has 1 nitrogen and oxygen atoms in total. The fourth-order valence-electron chi connectivity index (χ4n) is 2.27. The molecule has 82 valence electrons. The zero-order valence-corrected chi connectivity index (χ0v) is 10.2. The first kappa shape index (κ1) is 11.0. The van der Waals surface area contributed by atoms with E-state index in [-0.39, 0.29) is 0 Å². The Morgan fingerprint density at radius 2 is 1.87 bits per heavy atom. The van der Waals surface area contributed by atoms with Crippen LogP contribution in [0.25, 0.3) is 0 Å². The number of thioether (sulfide) groups is 1. The topological polar surface area (TPSA) is 3.24 Å². The summed E-state index contributed by atoms with van der Waals surface area (Å²) >= 11 is 2.08. The van der Waals surface area contributed by atoms with Gasteiger partial charge >= 0.3 is 0 Å². The number of hydrogen-bond donors (Lipinski definition) is 0. The first-order valence-electron chi connectivity index (χ1n) is 5.78. The van der Waals surface area contributed by atoms with Crippen molar-refractivity contribution in [2.24, 2.45) is 0 Å². The highest BCUT2D eigenvalue weighted by molar-refractivity contribution is 7.99. The van der Waals surface area contributed by atoms with Gasteiger partial charge in [-0.15, -0.1) is 0 Å². The molecule has 15 heavy (non-hydrogen) atoms. The van der Waals surface area contributed by atoms with Crippen LogP contribution in [-0.2, 0) is 0 Å². The summed E-state index contributed by atoms with van der Waals surface area (Å²) in [5, 5.41) is 0. The molecule has 0 spiro atoms. The summed E-state index contributed by atoms with van der Waals surface area (Å²) in [6, 6.07) is 11.5. The Kier molecular flexibility index (Phi) is 4.09. The highest BCUT2D eigenvalue weighted by atomic mass is 32.2. The van der Waals surface area contributed by atoms with Crippen molar-refractivity contribution in [2.75, 3.05) is 24.6 Å². The molecule has 2 heteroatoms. The van der Waals surface area contributed by atoms with Gasteiger partial charge < -0.3 is 0 Å². The second kappa shape index (κ2) is 5.57. The molecule has 0 aliphatic carbocycles. The molecule has 1 saturated heterocycles. The lowest BCUT2D eigenvalue weighted by Crippen LogP contribution is -2.35. The largest absolute Gasteiger partial charge is 0.295 e. The van der Waals surface area contributed by atoms with E-state index in [0.717, 1.165) is 0 Å². The van der Waals surface area contributed by atoms with Crippen LogP contribution in [0.5, 0.6) is 0 Å². The van der Waals surface area contributed by atoms with Crippen LogP contribution in [0, 0.1) is 0 Å². The molecule has 1 aliphatic rings. The quantitative estimate of drug-likeness (QED) is 0.771. The molecule has 0 N–H and O–H groups in total. The fraction of sp³-hybridized carbons (Fsp3) is 0.538. The Morgan fingerprint density at radius 3 is 2.47 bits per heavy atom. The first-order valence-corrected chi connectivity index (χ1v) is 6.94. The van der Waals surface area contributed by atoms with Gasteiger partial charge in [-0.2, -0.15) is 11.8 Å². The molecule has 1 atom stereocenters. The zero-order chi connectivity index (χ0) is 10.5. The number of benzene rings is 1. The van der Waals surface area contributed by atoms with Gasteiger partial charge in [0.05, 0.1) is 0 Å². The minimum atomic E-state index is 0.632. The van der Waals surface area contributed by atoms with Gasteiger partial charge in [0, 0.05) is 30.6 Å². The van der Waals surface area contributed by atoms with Crippen LogP contribution >= 0.6 is 11.8 Å². The lowest BCUT2D eigenvalue weighted by atomic mass is 10.0. The Bertz CT molecular complexity index is 280. The zero-order valence-electron chi connectivity index (χ0n) is 9.36. The van der Waals surface area contributed by atoms with Gasteiger partial charge in [0.2, 0.25) is 0 Å². The second-order valence-corrected chi connectivity index (χ2v) is 5.21. The Morgan fingerprint density at radius 1 is 1.20 bits per heavy atom. The van der Waals surface area contributed by atoms with Crippen molar-refractivity contribution in [2.45, 2.75) is 19.4 Å². The molecule has 0 saturated carbocycles. The molecule has 0 radical (unpaired) electrons. The van der Waals surface area contributed by atoms with Crippen LogP contribution < -0.4 is 0 Å². The van der Waals surface area contributed by atoms with Crippen molar-refractivity contribution in [3.63, 3.8) is 0 Å². The van der Waals surface area contributed by atoms with Gasteiger partial charge in [0.1, 0.15) is 0 Å². The van der Waals surface area contributed by atoms with Crippen LogP contribution in [0.1, 0.15) is 24.9 Å². The van der Waals surface area contributed by atoms with E-state index in [9.17, 15) is 0 Å².